The summed E-state index contributed by atoms with van der Waals surface area (Å²) in [5.74, 6) is -0.0227. The molecular weight excluding hydrogens is 158 g/mol. The van der Waals surface area contributed by atoms with Crippen LogP contribution in [0.4, 0.5) is 0 Å². The van der Waals surface area contributed by atoms with Crippen LogP contribution in [0.1, 0.15) is 19.8 Å². The van der Waals surface area contributed by atoms with Crippen LogP contribution in [-0.2, 0) is 14.3 Å². The number of ether oxygens (including phenoxy) is 2. The van der Waals surface area contributed by atoms with Crippen molar-refractivity contribution in [2.75, 3.05) is 13.9 Å². The highest BCUT2D eigenvalue weighted by atomic mass is 16.7. The molecule has 1 aliphatic rings. The molecule has 0 aliphatic carbocycles. The summed E-state index contributed by atoms with van der Waals surface area (Å²) in [6.45, 7) is 2.27. The molecule has 0 aromatic carbocycles. The molecule has 70 valence electrons. The minimum Gasteiger partial charge on any atom is -0.359 e. The zero-order valence-corrected chi connectivity index (χ0v) is 7.50. The quantitative estimate of drug-likeness (QED) is 0.479. The first-order valence-corrected chi connectivity index (χ1v) is 4.20. The number of β-lactam (4-membered cyclic amide) rings is 1. The van der Waals surface area contributed by atoms with E-state index in [1.54, 1.807) is 7.11 Å². The largest absolute Gasteiger partial charge is 0.359 e. The molecule has 2 atom stereocenters. The number of hydrogen-bond acceptors (Lipinski definition) is 3. The van der Waals surface area contributed by atoms with E-state index in [2.05, 4.69) is 12.2 Å². The van der Waals surface area contributed by atoms with Gasteiger partial charge in [0.1, 0.15) is 6.79 Å². The Balaban J connectivity index is 2.24. The van der Waals surface area contributed by atoms with Crippen molar-refractivity contribution in [2.24, 2.45) is 0 Å². The molecule has 0 unspecified atom stereocenters. The Hall–Kier alpha value is -0.610. The molecule has 1 rings (SSSR count). The Morgan fingerprint density at radius 3 is 2.83 bits per heavy atom. The number of amides is 1. The van der Waals surface area contributed by atoms with Gasteiger partial charge in [-0.1, -0.05) is 13.3 Å². The smallest absolute Gasteiger partial charge is 0.251 e. The van der Waals surface area contributed by atoms with Gasteiger partial charge in [-0.25, -0.2) is 0 Å². The van der Waals surface area contributed by atoms with Gasteiger partial charge in [0.15, 0.2) is 6.10 Å². The van der Waals surface area contributed by atoms with Gasteiger partial charge in [-0.3, -0.25) is 4.79 Å². The van der Waals surface area contributed by atoms with Crippen molar-refractivity contribution in [1.82, 2.24) is 5.32 Å². The summed E-state index contributed by atoms with van der Waals surface area (Å²) in [6.07, 6.45) is 1.74. The molecule has 4 heteroatoms. The van der Waals surface area contributed by atoms with Crippen LogP contribution in [0.3, 0.4) is 0 Å². The van der Waals surface area contributed by atoms with Crippen molar-refractivity contribution in [3.8, 4) is 0 Å². The zero-order chi connectivity index (χ0) is 8.97. The summed E-state index contributed by atoms with van der Waals surface area (Å²) >= 11 is 0. The SMILES string of the molecule is CCC[C@@H]1NC(=O)[C@@H]1OCOC. The van der Waals surface area contributed by atoms with E-state index in [9.17, 15) is 4.79 Å². The number of carbonyl (C=O) groups excluding carboxylic acids is 1. The molecule has 1 N–H and O–H groups in total. The minimum absolute atomic E-state index is 0.0227. The Morgan fingerprint density at radius 1 is 1.58 bits per heavy atom. The Labute approximate surface area is 72.2 Å². The topological polar surface area (TPSA) is 47.6 Å². The van der Waals surface area contributed by atoms with Crippen molar-refractivity contribution in [1.29, 1.82) is 0 Å². The first kappa shape index (κ1) is 9.48. The van der Waals surface area contributed by atoms with Crippen LogP contribution in [-0.4, -0.2) is 32.0 Å². The lowest BCUT2D eigenvalue weighted by Gasteiger charge is -2.35. The van der Waals surface area contributed by atoms with Gasteiger partial charge in [0.05, 0.1) is 6.04 Å². The second-order valence-electron chi connectivity index (χ2n) is 2.90. The lowest BCUT2D eigenvalue weighted by molar-refractivity contribution is -0.161. The molecule has 0 bridgehead atoms. The van der Waals surface area contributed by atoms with Gasteiger partial charge >= 0.3 is 0 Å². The molecule has 1 heterocycles. The molecule has 0 spiro atoms. The first-order valence-electron chi connectivity index (χ1n) is 4.20. The van der Waals surface area contributed by atoms with E-state index in [0.717, 1.165) is 12.8 Å². The number of hydrogen-bond donors (Lipinski definition) is 1. The summed E-state index contributed by atoms with van der Waals surface area (Å²) in [4.78, 5) is 10.9. The fourth-order valence-corrected chi connectivity index (χ4v) is 1.29. The second kappa shape index (κ2) is 4.42. The van der Waals surface area contributed by atoms with E-state index in [0.29, 0.717) is 0 Å². The normalized spacial score (nSPS) is 28.0. The summed E-state index contributed by atoms with van der Waals surface area (Å²) in [5, 5.41) is 2.78. The van der Waals surface area contributed by atoms with Gasteiger partial charge < -0.3 is 14.8 Å². The second-order valence-corrected chi connectivity index (χ2v) is 2.90. The lowest BCUT2D eigenvalue weighted by Crippen LogP contribution is -2.63. The van der Waals surface area contributed by atoms with Crippen LogP contribution in [0.25, 0.3) is 0 Å². The molecule has 0 aromatic rings. The molecule has 1 amide bonds. The predicted octanol–water partition coefficient (Wildman–Crippen LogP) is 0.274. The molecule has 0 radical (unpaired) electrons. The predicted molar refractivity (Wildman–Crippen MR) is 43.6 cm³/mol. The van der Waals surface area contributed by atoms with Crippen molar-refractivity contribution in [2.45, 2.75) is 31.9 Å². The lowest BCUT2D eigenvalue weighted by atomic mass is 9.98. The Morgan fingerprint density at radius 2 is 2.33 bits per heavy atom. The Bertz CT molecular complexity index is 160. The third-order valence-corrected chi connectivity index (χ3v) is 1.92. The van der Waals surface area contributed by atoms with Crippen molar-refractivity contribution in [3.63, 3.8) is 0 Å². The number of rotatable bonds is 5. The minimum atomic E-state index is -0.287. The van der Waals surface area contributed by atoms with Gasteiger partial charge in [-0.05, 0) is 6.42 Å². The molecule has 12 heavy (non-hydrogen) atoms. The van der Waals surface area contributed by atoms with E-state index in [1.165, 1.54) is 0 Å². The summed E-state index contributed by atoms with van der Waals surface area (Å²) in [6, 6.07) is 0.192. The van der Waals surface area contributed by atoms with Crippen LogP contribution in [0.5, 0.6) is 0 Å². The van der Waals surface area contributed by atoms with E-state index in [4.69, 9.17) is 9.47 Å². The highest BCUT2D eigenvalue weighted by Gasteiger charge is 2.39. The van der Waals surface area contributed by atoms with Crippen molar-refractivity contribution < 1.29 is 14.3 Å². The van der Waals surface area contributed by atoms with E-state index in [-0.39, 0.29) is 24.8 Å². The van der Waals surface area contributed by atoms with Crippen LogP contribution in [0.2, 0.25) is 0 Å². The van der Waals surface area contributed by atoms with Crippen LogP contribution in [0.15, 0.2) is 0 Å². The first-order chi connectivity index (χ1) is 5.79. The van der Waals surface area contributed by atoms with E-state index in [1.807, 2.05) is 0 Å². The van der Waals surface area contributed by atoms with E-state index >= 15 is 0 Å². The molecular formula is C8H15NO3. The molecule has 0 aromatic heterocycles. The molecule has 4 nitrogen and oxygen atoms in total. The van der Waals surface area contributed by atoms with Gasteiger partial charge in [0.2, 0.25) is 0 Å². The van der Waals surface area contributed by atoms with Gasteiger partial charge in [-0.2, -0.15) is 0 Å². The fourth-order valence-electron chi connectivity index (χ4n) is 1.29. The van der Waals surface area contributed by atoms with Crippen LogP contribution in [0, 0.1) is 0 Å². The van der Waals surface area contributed by atoms with Crippen LogP contribution >= 0.6 is 0 Å². The summed E-state index contributed by atoms with van der Waals surface area (Å²) in [5.41, 5.74) is 0. The highest BCUT2D eigenvalue weighted by molar-refractivity contribution is 5.88. The third-order valence-electron chi connectivity index (χ3n) is 1.92. The van der Waals surface area contributed by atoms with Gasteiger partial charge in [0, 0.05) is 7.11 Å². The maximum Gasteiger partial charge on any atom is 0.251 e. The maximum atomic E-state index is 10.9. The van der Waals surface area contributed by atoms with Gasteiger partial charge in [-0.15, -0.1) is 0 Å². The monoisotopic (exact) mass is 173 g/mol. The fraction of sp³-hybridized carbons (Fsp3) is 0.875. The number of methoxy groups -OCH3 is 1. The maximum absolute atomic E-state index is 10.9. The number of nitrogens with one attached hydrogen (secondary N) is 1. The average molecular weight is 173 g/mol. The Kier molecular flexibility index (Phi) is 3.49. The average Bonchev–Trinajstić information content (AvgIpc) is 2.05. The highest BCUT2D eigenvalue weighted by Crippen LogP contribution is 2.15. The molecule has 1 fully saturated rings. The van der Waals surface area contributed by atoms with E-state index < -0.39 is 0 Å². The number of carbonyl (C=O) groups is 1. The standard InChI is InChI=1S/C8H15NO3/c1-3-4-6-7(8(10)9-6)12-5-11-2/h6-7H,3-5H2,1-2H3,(H,9,10)/t6-,7+/m0/s1. The van der Waals surface area contributed by atoms with Crippen LogP contribution < -0.4 is 5.32 Å². The summed E-state index contributed by atoms with van der Waals surface area (Å²) in [7, 11) is 1.55. The van der Waals surface area contributed by atoms with Gasteiger partial charge in [0.25, 0.3) is 5.91 Å². The zero-order valence-electron chi connectivity index (χ0n) is 7.50. The summed E-state index contributed by atoms with van der Waals surface area (Å²) < 4.78 is 9.89. The molecule has 1 aliphatic heterocycles. The molecule has 0 saturated carbocycles. The van der Waals surface area contributed by atoms with Crippen molar-refractivity contribution in [3.05, 3.63) is 0 Å². The molecule has 1 saturated heterocycles. The third kappa shape index (κ3) is 1.95. The van der Waals surface area contributed by atoms with Crippen molar-refractivity contribution >= 4 is 5.91 Å².